The first kappa shape index (κ1) is 19.1. The van der Waals surface area contributed by atoms with Gasteiger partial charge >= 0.3 is 0 Å². The molecular weight excluding hydrogens is 430 g/mol. The van der Waals surface area contributed by atoms with Gasteiger partial charge in [0, 0.05) is 23.1 Å². The molecule has 2 amide bonds. The van der Waals surface area contributed by atoms with Crippen LogP contribution in [-0.4, -0.2) is 23.3 Å². The van der Waals surface area contributed by atoms with Gasteiger partial charge in [-0.1, -0.05) is 22.0 Å². The SMILES string of the molecule is O=C1CN(C(=O)CCC2CCc3cc(F)c(F)cc32)Cc2ccc(Br)cc2N1. The van der Waals surface area contributed by atoms with E-state index >= 15 is 0 Å². The van der Waals surface area contributed by atoms with Crippen molar-refractivity contribution in [1.82, 2.24) is 4.90 Å². The number of carbonyl (C=O) groups is 2. The third-order valence-corrected chi connectivity index (χ3v) is 5.98. The Morgan fingerprint density at radius 3 is 2.75 bits per heavy atom. The molecule has 146 valence electrons. The Morgan fingerprint density at radius 1 is 1.14 bits per heavy atom. The van der Waals surface area contributed by atoms with Crippen molar-refractivity contribution in [2.75, 3.05) is 11.9 Å². The molecule has 1 aliphatic heterocycles. The Balaban J connectivity index is 1.44. The lowest BCUT2D eigenvalue weighted by molar-refractivity contribution is -0.135. The number of nitrogens with zero attached hydrogens (tertiary/aromatic N) is 1. The van der Waals surface area contributed by atoms with Crippen LogP contribution in [0.4, 0.5) is 14.5 Å². The molecule has 0 spiro atoms. The van der Waals surface area contributed by atoms with Crippen LogP contribution in [0.1, 0.15) is 41.9 Å². The van der Waals surface area contributed by atoms with Crippen molar-refractivity contribution in [3.8, 4) is 0 Å². The van der Waals surface area contributed by atoms with Crippen molar-refractivity contribution in [3.63, 3.8) is 0 Å². The van der Waals surface area contributed by atoms with Crippen LogP contribution in [0.15, 0.2) is 34.8 Å². The predicted octanol–water partition coefficient (Wildman–Crippen LogP) is 4.52. The molecule has 0 aromatic heterocycles. The van der Waals surface area contributed by atoms with Crippen molar-refractivity contribution in [1.29, 1.82) is 0 Å². The van der Waals surface area contributed by atoms with Gasteiger partial charge in [-0.25, -0.2) is 8.78 Å². The maximum absolute atomic E-state index is 13.6. The zero-order chi connectivity index (χ0) is 19.8. The smallest absolute Gasteiger partial charge is 0.244 e. The van der Waals surface area contributed by atoms with Crippen molar-refractivity contribution >= 4 is 33.4 Å². The van der Waals surface area contributed by atoms with E-state index in [-0.39, 0.29) is 30.7 Å². The highest BCUT2D eigenvalue weighted by Crippen LogP contribution is 2.37. The number of amides is 2. The summed E-state index contributed by atoms with van der Waals surface area (Å²) >= 11 is 3.38. The van der Waals surface area contributed by atoms with Crippen molar-refractivity contribution in [2.24, 2.45) is 0 Å². The maximum atomic E-state index is 13.6. The summed E-state index contributed by atoms with van der Waals surface area (Å²) in [5, 5.41) is 2.83. The largest absolute Gasteiger partial charge is 0.329 e. The van der Waals surface area contributed by atoms with Crippen molar-refractivity contribution in [3.05, 3.63) is 63.1 Å². The molecule has 1 atom stereocenters. The van der Waals surface area contributed by atoms with Gasteiger partial charge in [-0.2, -0.15) is 0 Å². The predicted molar refractivity (Wildman–Crippen MR) is 105 cm³/mol. The summed E-state index contributed by atoms with van der Waals surface area (Å²) in [5.74, 6) is -1.96. The number of nitrogens with one attached hydrogen (secondary N) is 1. The number of hydrogen-bond donors (Lipinski definition) is 1. The summed E-state index contributed by atoms with van der Waals surface area (Å²) in [6.07, 6.45) is 2.30. The lowest BCUT2D eigenvalue weighted by Gasteiger charge is -2.21. The minimum atomic E-state index is -0.844. The molecule has 0 fully saturated rings. The highest BCUT2D eigenvalue weighted by Gasteiger charge is 2.27. The normalized spacial score (nSPS) is 18.3. The van der Waals surface area contributed by atoms with Gasteiger partial charge in [-0.3, -0.25) is 9.59 Å². The molecule has 2 aliphatic rings. The average Bonchev–Trinajstić information content (AvgIpc) is 2.94. The molecule has 0 saturated carbocycles. The Bertz CT molecular complexity index is 964. The van der Waals surface area contributed by atoms with Gasteiger partial charge < -0.3 is 10.2 Å². The first-order valence-corrected chi connectivity index (χ1v) is 10.0. The number of fused-ring (bicyclic) bond motifs is 2. The van der Waals surface area contributed by atoms with Crippen molar-refractivity contribution < 1.29 is 18.4 Å². The van der Waals surface area contributed by atoms with Gasteiger partial charge in [0.05, 0.1) is 0 Å². The molecule has 4 nitrogen and oxygen atoms in total. The molecular formula is C21H19BrF2N2O2. The van der Waals surface area contributed by atoms with Gasteiger partial charge in [-0.15, -0.1) is 0 Å². The van der Waals surface area contributed by atoms with E-state index in [0.717, 1.165) is 27.6 Å². The third-order valence-electron chi connectivity index (χ3n) is 5.49. The lowest BCUT2D eigenvalue weighted by atomic mass is 9.95. The summed E-state index contributed by atoms with van der Waals surface area (Å²) in [7, 11) is 0. The second kappa shape index (κ2) is 7.62. The Hall–Kier alpha value is -2.28. The van der Waals surface area contributed by atoms with Gasteiger partial charge in [0.1, 0.15) is 6.54 Å². The Morgan fingerprint density at radius 2 is 1.93 bits per heavy atom. The van der Waals surface area contributed by atoms with Crippen LogP contribution in [0.3, 0.4) is 0 Å². The second-order valence-corrected chi connectivity index (χ2v) is 8.25. The summed E-state index contributed by atoms with van der Waals surface area (Å²) < 4.78 is 27.9. The van der Waals surface area contributed by atoms with Gasteiger partial charge in [0.25, 0.3) is 0 Å². The molecule has 0 saturated heterocycles. The fraction of sp³-hybridized carbons (Fsp3) is 0.333. The molecule has 4 rings (SSSR count). The van der Waals surface area contributed by atoms with Crippen LogP contribution < -0.4 is 5.32 Å². The Labute approximate surface area is 170 Å². The summed E-state index contributed by atoms with van der Waals surface area (Å²) in [6, 6.07) is 8.11. The van der Waals surface area contributed by atoms with Gasteiger partial charge in [0.2, 0.25) is 11.8 Å². The zero-order valence-corrected chi connectivity index (χ0v) is 16.7. The zero-order valence-electron chi connectivity index (χ0n) is 15.1. The monoisotopic (exact) mass is 448 g/mol. The fourth-order valence-electron chi connectivity index (χ4n) is 4.04. The molecule has 0 radical (unpaired) electrons. The summed E-state index contributed by atoms with van der Waals surface area (Å²) in [4.78, 5) is 26.5. The highest BCUT2D eigenvalue weighted by atomic mass is 79.9. The minimum absolute atomic E-state index is 0.00618. The number of carbonyl (C=O) groups excluding carboxylic acids is 2. The molecule has 0 bridgehead atoms. The number of anilines is 1. The first-order valence-electron chi connectivity index (χ1n) is 9.24. The molecule has 1 unspecified atom stereocenters. The molecule has 2 aromatic carbocycles. The van der Waals surface area contributed by atoms with Gasteiger partial charge in [0.15, 0.2) is 11.6 Å². The Kier molecular flexibility index (Phi) is 5.19. The third kappa shape index (κ3) is 3.81. The van der Waals surface area contributed by atoms with Crippen LogP contribution >= 0.6 is 15.9 Å². The van der Waals surface area contributed by atoms with E-state index in [2.05, 4.69) is 21.2 Å². The topological polar surface area (TPSA) is 49.4 Å². The van der Waals surface area contributed by atoms with E-state index in [9.17, 15) is 18.4 Å². The summed E-state index contributed by atoms with van der Waals surface area (Å²) in [5.41, 5.74) is 3.21. The van der Waals surface area contributed by atoms with E-state index in [0.29, 0.717) is 25.1 Å². The fourth-order valence-corrected chi connectivity index (χ4v) is 4.41. The number of rotatable bonds is 3. The van der Waals surface area contributed by atoms with E-state index in [1.807, 2.05) is 18.2 Å². The standard InChI is InChI=1S/C21H19BrF2N2O2/c22-15-5-3-14-10-26(11-20(27)25-19(14)8-15)21(28)6-4-12-1-2-13-7-17(23)18(24)9-16(12)13/h3,5,7-9,12H,1-2,4,6,10-11H2,(H,25,27). The van der Waals surface area contributed by atoms with Crippen molar-refractivity contribution in [2.45, 2.75) is 38.1 Å². The van der Waals surface area contributed by atoms with Crippen LogP contribution in [-0.2, 0) is 22.6 Å². The van der Waals surface area contributed by atoms with E-state index in [4.69, 9.17) is 0 Å². The number of hydrogen-bond acceptors (Lipinski definition) is 2. The molecule has 2 aromatic rings. The maximum Gasteiger partial charge on any atom is 0.244 e. The number of aryl methyl sites for hydroxylation is 1. The first-order chi connectivity index (χ1) is 13.4. The van der Waals surface area contributed by atoms with E-state index < -0.39 is 11.6 Å². The van der Waals surface area contributed by atoms with E-state index in [1.165, 1.54) is 12.1 Å². The van der Waals surface area contributed by atoms with E-state index in [1.54, 1.807) is 4.90 Å². The molecule has 1 N–H and O–H groups in total. The number of benzene rings is 2. The molecule has 1 aliphatic carbocycles. The van der Waals surface area contributed by atoms with Crippen LogP contribution in [0.5, 0.6) is 0 Å². The van der Waals surface area contributed by atoms with Crippen LogP contribution in [0.2, 0.25) is 0 Å². The molecule has 28 heavy (non-hydrogen) atoms. The highest BCUT2D eigenvalue weighted by molar-refractivity contribution is 9.10. The molecule has 1 heterocycles. The number of halogens is 3. The summed E-state index contributed by atoms with van der Waals surface area (Å²) in [6.45, 7) is 0.369. The minimum Gasteiger partial charge on any atom is -0.329 e. The molecule has 7 heteroatoms. The quantitative estimate of drug-likeness (QED) is 0.750. The van der Waals surface area contributed by atoms with Crippen LogP contribution in [0, 0.1) is 11.6 Å². The lowest BCUT2D eigenvalue weighted by Crippen LogP contribution is -2.35. The second-order valence-electron chi connectivity index (χ2n) is 7.34. The average molecular weight is 449 g/mol. The van der Waals surface area contributed by atoms with Gasteiger partial charge in [-0.05, 0) is 66.1 Å². The van der Waals surface area contributed by atoms with Crippen LogP contribution in [0.25, 0.3) is 0 Å².